The summed E-state index contributed by atoms with van der Waals surface area (Å²) in [6, 6.07) is 16.1. The number of piperazine rings is 1. The van der Waals surface area contributed by atoms with Crippen LogP contribution >= 0.6 is 0 Å². The number of hydrogen-bond acceptors (Lipinski definition) is 6. The lowest BCUT2D eigenvalue weighted by Gasteiger charge is -2.42. The van der Waals surface area contributed by atoms with E-state index in [0.29, 0.717) is 13.0 Å². The van der Waals surface area contributed by atoms with Gasteiger partial charge in [-0.3, -0.25) is 19.4 Å². The van der Waals surface area contributed by atoms with Gasteiger partial charge in [-0.15, -0.1) is 0 Å². The van der Waals surface area contributed by atoms with Gasteiger partial charge in [0.1, 0.15) is 11.5 Å². The summed E-state index contributed by atoms with van der Waals surface area (Å²) in [5.41, 5.74) is 2.25. The molecule has 0 unspecified atom stereocenters. The van der Waals surface area contributed by atoms with E-state index in [1.165, 1.54) is 12.8 Å². The predicted molar refractivity (Wildman–Crippen MR) is 167 cm³/mol. The highest BCUT2D eigenvalue weighted by atomic mass is 16.5. The van der Waals surface area contributed by atoms with Crippen LogP contribution in [0.1, 0.15) is 69.8 Å². The molecule has 228 valence electrons. The number of benzene rings is 2. The van der Waals surface area contributed by atoms with E-state index >= 15 is 0 Å². The lowest BCUT2D eigenvalue weighted by molar-refractivity contribution is -0.154. The first-order valence-corrected chi connectivity index (χ1v) is 16.2. The molecule has 0 spiro atoms. The molecule has 2 saturated carbocycles. The van der Waals surface area contributed by atoms with E-state index in [9.17, 15) is 9.59 Å². The zero-order chi connectivity index (χ0) is 29.3. The Bertz CT molecular complexity index is 1120. The second-order valence-electron chi connectivity index (χ2n) is 12.4. The molecule has 5 rings (SSSR count). The van der Waals surface area contributed by atoms with Crippen molar-refractivity contribution in [3.05, 3.63) is 54.1 Å². The van der Waals surface area contributed by atoms with Crippen LogP contribution in [-0.4, -0.2) is 74.6 Å². The number of anilines is 1. The van der Waals surface area contributed by atoms with E-state index in [-0.39, 0.29) is 29.7 Å². The molecule has 7 nitrogen and oxygen atoms in total. The minimum absolute atomic E-state index is 0.0351. The maximum atomic E-state index is 14.3. The smallest absolute Gasteiger partial charge is 0.232 e. The molecule has 0 radical (unpaired) electrons. The Morgan fingerprint density at radius 1 is 0.762 bits per heavy atom. The summed E-state index contributed by atoms with van der Waals surface area (Å²) in [5, 5.41) is 0. The second-order valence-corrected chi connectivity index (χ2v) is 12.4. The summed E-state index contributed by atoms with van der Waals surface area (Å²) in [5.74, 6) is 1.80. The number of rotatable bonds is 10. The molecule has 1 aliphatic heterocycles. The van der Waals surface area contributed by atoms with E-state index in [1.807, 2.05) is 24.3 Å². The molecule has 1 heterocycles. The SMILES string of the molecule is COc1ccc(C[C@H](CN2CCN(c3ccccc3OC)CC2)N(C(=O)C2CCCCC2)C(=O)C2CCCCC2)cc1. The maximum Gasteiger partial charge on any atom is 0.232 e. The molecule has 2 aromatic carbocycles. The first-order chi connectivity index (χ1) is 20.6. The van der Waals surface area contributed by atoms with Gasteiger partial charge in [0, 0.05) is 44.6 Å². The molecule has 0 N–H and O–H groups in total. The minimum atomic E-state index is -0.194. The fourth-order valence-corrected chi connectivity index (χ4v) is 7.19. The molecule has 42 heavy (non-hydrogen) atoms. The van der Waals surface area contributed by atoms with E-state index < -0.39 is 0 Å². The van der Waals surface area contributed by atoms with Crippen LogP contribution < -0.4 is 14.4 Å². The lowest BCUT2D eigenvalue weighted by atomic mass is 9.85. The van der Waals surface area contributed by atoms with E-state index in [4.69, 9.17) is 9.47 Å². The van der Waals surface area contributed by atoms with Gasteiger partial charge in [-0.1, -0.05) is 62.8 Å². The van der Waals surface area contributed by atoms with Crippen molar-refractivity contribution in [1.82, 2.24) is 9.80 Å². The topological polar surface area (TPSA) is 62.3 Å². The zero-order valence-corrected chi connectivity index (χ0v) is 25.6. The summed E-state index contributed by atoms with van der Waals surface area (Å²) in [4.78, 5) is 35.2. The van der Waals surface area contributed by atoms with Gasteiger partial charge in [0.15, 0.2) is 0 Å². The third-order valence-electron chi connectivity index (χ3n) is 9.65. The van der Waals surface area contributed by atoms with Crippen LogP contribution in [0, 0.1) is 11.8 Å². The molecular formula is C35H49N3O4. The number of nitrogens with zero attached hydrogens (tertiary/aromatic N) is 3. The van der Waals surface area contributed by atoms with Crippen molar-refractivity contribution in [2.75, 3.05) is 51.8 Å². The summed E-state index contributed by atoms with van der Waals surface area (Å²) in [6.07, 6.45) is 11.0. The Hall–Kier alpha value is -3.06. The molecule has 2 amide bonds. The quantitative estimate of drug-likeness (QED) is 0.326. The highest BCUT2D eigenvalue weighted by Crippen LogP contribution is 2.32. The number of hydrogen-bond donors (Lipinski definition) is 0. The summed E-state index contributed by atoms with van der Waals surface area (Å²) >= 11 is 0. The minimum Gasteiger partial charge on any atom is -0.497 e. The van der Waals surface area contributed by atoms with E-state index in [2.05, 4.69) is 34.1 Å². The van der Waals surface area contributed by atoms with Gasteiger partial charge in [0.25, 0.3) is 0 Å². The molecule has 3 aliphatic rings. The van der Waals surface area contributed by atoms with E-state index in [1.54, 1.807) is 19.1 Å². The summed E-state index contributed by atoms with van der Waals surface area (Å²) < 4.78 is 11.0. The molecule has 3 fully saturated rings. The van der Waals surface area contributed by atoms with Crippen molar-refractivity contribution >= 4 is 17.5 Å². The standard InChI is InChI=1S/C35H49N3O4/c1-41-31-19-17-27(18-20-31)25-30(26-36-21-23-37(24-22-36)32-15-9-10-16-33(32)42-2)38(34(39)28-11-5-3-6-12-28)35(40)29-13-7-4-8-14-29/h9-10,15-20,28-30H,3-8,11-14,21-26H2,1-2H3/t30-/m1/s1. The summed E-state index contributed by atoms with van der Waals surface area (Å²) in [7, 11) is 3.40. The van der Waals surface area contributed by atoms with E-state index in [0.717, 1.165) is 100 Å². The van der Waals surface area contributed by atoms with Crippen LogP contribution in [0.5, 0.6) is 11.5 Å². The molecule has 1 saturated heterocycles. The number of amides is 2. The average Bonchev–Trinajstić information content (AvgIpc) is 3.06. The highest BCUT2D eigenvalue weighted by Gasteiger charge is 2.39. The highest BCUT2D eigenvalue weighted by molar-refractivity contribution is 5.98. The Labute approximate surface area is 252 Å². The van der Waals surface area contributed by atoms with Crippen molar-refractivity contribution < 1.29 is 19.1 Å². The van der Waals surface area contributed by atoms with Gasteiger partial charge in [0.05, 0.1) is 25.9 Å². The third-order valence-corrected chi connectivity index (χ3v) is 9.65. The van der Waals surface area contributed by atoms with Gasteiger partial charge in [-0.2, -0.15) is 0 Å². The number of carbonyl (C=O) groups is 2. The van der Waals surface area contributed by atoms with Crippen LogP contribution in [0.4, 0.5) is 5.69 Å². The van der Waals surface area contributed by atoms with Crippen molar-refractivity contribution in [2.45, 2.75) is 76.7 Å². The molecule has 1 atom stereocenters. The Morgan fingerprint density at radius 3 is 1.88 bits per heavy atom. The average molecular weight is 576 g/mol. The largest absolute Gasteiger partial charge is 0.497 e. The number of ether oxygens (including phenoxy) is 2. The molecule has 0 aromatic heterocycles. The fourth-order valence-electron chi connectivity index (χ4n) is 7.19. The van der Waals surface area contributed by atoms with Gasteiger partial charge in [-0.25, -0.2) is 0 Å². The normalized spacial score (nSPS) is 19.7. The Morgan fingerprint density at radius 2 is 1.33 bits per heavy atom. The molecular weight excluding hydrogens is 526 g/mol. The van der Waals surface area contributed by atoms with Crippen LogP contribution in [0.2, 0.25) is 0 Å². The van der Waals surface area contributed by atoms with Crippen molar-refractivity contribution in [3.8, 4) is 11.5 Å². The van der Waals surface area contributed by atoms with Gasteiger partial charge >= 0.3 is 0 Å². The number of para-hydroxylation sites is 2. The van der Waals surface area contributed by atoms with Gasteiger partial charge in [0.2, 0.25) is 11.8 Å². The lowest BCUT2D eigenvalue weighted by Crippen LogP contribution is -2.57. The maximum absolute atomic E-state index is 14.3. The molecule has 2 aliphatic carbocycles. The number of carbonyl (C=O) groups excluding carboxylic acids is 2. The Kier molecular flexibility index (Phi) is 10.8. The van der Waals surface area contributed by atoms with Crippen LogP contribution in [0.15, 0.2) is 48.5 Å². The van der Waals surface area contributed by atoms with Crippen LogP contribution in [-0.2, 0) is 16.0 Å². The third kappa shape index (κ3) is 7.47. The monoisotopic (exact) mass is 575 g/mol. The van der Waals surface area contributed by atoms with Gasteiger partial charge in [-0.05, 0) is 61.9 Å². The first kappa shape index (κ1) is 30.4. The molecule has 2 aromatic rings. The molecule has 0 bridgehead atoms. The van der Waals surface area contributed by atoms with Crippen molar-refractivity contribution in [2.24, 2.45) is 11.8 Å². The Balaban J connectivity index is 1.38. The summed E-state index contributed by atoms with van der Waals surface area (Å²) in [6.45, 7) is 4.20. The fraction of sp³-hybridized carbons (Fsp3) is 0.600. The zero-order valence-electron chi connectivity index (χ0n) is 25.6. The predicted octanol–water partition coefficient (Wildman–Crippen LogP) is 5.95. The number of imide groups is 1. The number of methoxy groups -OCH3 is 2. The van der Waals surface area contributed by atoms with Crippen LogP contribution in [0.3, 0.4) is 0 Å². The van der Waals surface area contributed by atoms with Gasteiger partial charge < -0.3 is 14.4 Å². The van der Waals surface area contributed by atoms with Crippen molar-refractivity contribution in [3.63, 3.8) is 0 Å². The second kappa shape index (κ2) is 14.9. The van der Waals surface area contributed by atoms with Crippen molar-refractivity contribution in [1.29, 1.82) is 0 Å². The first-order valence-electron chi connectivity index (χ1n) is 16.2. The molecule has 7 heteroatoms. The van der Waals surface area contributed by atoms with Crippen LogP contribution in [0.25, 0.3) is 0 Å².